The second-order valence-corrected chi connectivity index (χ2v) is 3.54. The van der Waals surface area contributed by atoms with E-state index in [-0.39, 0.29) is 5.91 Å². The number of methoxy groups -OCH3 is 1. The predicted octanol–water partition coefficient (Wildman–Crippen LogP) is 0.613. The van der Waals surface area contributed by atoms with Gasteiger partial charge in [-0.25, -0.2) is 0 Å². The molecule has 1 heterocycles. The highest BCUT2D eigenvalue weighted by Gasteiger charge is 2.11. The van der Waals surface area contributed by atoms with E-state index in [9.17, 15) is 4.79 Å². The van der Waals surface area contributed by atoms with E-state index in [1.54, 1.807) is 14.0 Å². The summed E-state index contributed by atoms with van der Waals surface area (Å²) in [4.78, 5) is 12.1. The Morgan fingerprint density at radius 1 is 1.64 bits per heavy atom. The average molecular weight is 215 g/mol. The van der Waals surface area contributed by atoms with E-state index in [0.29, 0.717) is 23.7 Å². The molecule has 0 aliphatic heterocycles. The van der Waals surface area contributed by atoms with Crippen molar-refractivity contribution in [3.63, 3.8) is 0 Å². The van der Waals surface area contributed by atoms with Crippen molar-refractivity contribution in [2.45, 2.75) is 13.3 Å². The Morgan fingerprint density at radius 3 is 3.00 bits per heavy atom. The first-order valence-electron chi connectivity index (χ1n) is 4.31. The third-order valence-corrected chi connectivity index (χ3v) is 2.50. The lowest BCUT2D eigenvalue weighted by Gasteiger charge is -2.02. The summed E-state index contributed by atoms with van der Waals surface area (Å²) in [5, 5.41) is 6.54. The molecule has 0 saturated heterocycles. The summed E-state index contributed by atoms with van der Waals surface area (Å²) in [7, 11) is 1.64. The van der Waals surface area contributed by atoms with Crippen LogP contribution in [0.5, 0.6) is 0 Å². The fourth-order valence-corrected chi connectivity index (χ4v) is 1.51. The van der Waals surface area contributed by atoms with E-state index >= 15 is 0 Å². The van der Waals surface area contributed by atoms with Gasteiger partial charge in [-0.05, 0) is 24.9 Å². The molecule has 0 unspecified atom stereocenters. The molecule has 0 aromatic carbocycles. The van der Waals surface area contributed by atoms with Crippen molar-refractivity contribution in [1.29, 1.82) is 0 Å². The van der Waals surface area contributed by atoms with Crippen molar-refractivity contribution in [2.75, 3.05) is 20.3 Å². The highest BCUT2D eigenvalue weighted by Crippen LogP contribution is 2.07. The van der Waals surface area contributed by atoms with E-state index in [1.165, 1.54) is 0 Å². The van der Waals surface area contributed by atoms with Gasteiger partial charge in [0.2, 0.25) is 0 Å². The number of carbonyl (C=O) groups excluding carboxylic acids is 1. The number of rotatable bonds is 5. The normalized spacial score (nSPS) is 10.1. The molecule has 0 saturated carbocycles. The summed E-state index contributed by atoms with van der Waals surface area (Å²) >= 11 is 1.12. The predicted molar refractivity (Wildman–Crippen MR) is 53.5 cm³/mol. The van der Waals surface area contributed by atoms with Crippen LogP contribution >= 0.6 is 11.5 Å². The van der Waals surface area contributed by atoms with Crippen LogP contribution < -0.4 is 5.32 Å². The van der Waals surface area contributed by atoms with Gasteiger partial charge in [0.15, 0.2) is 0 Å². The molecule has 5 nitrogen and oxygen atoms in total. The number of nitrogens with zero attached hydrogens (tertiary/aromatic N) is 2. The lowest BCUT2D eigenvalue weighted by Crippen LogP contribution is -2.24. The van der Waals surface area contributed by atoms with Gasteiger partial charge in [0.1, 0.15) is 4.88 Å². The molecular weight excluding hydrogens is 202 g/mol. The maximum Gasteiger partial charge on any atom is 0.264 e. The van der Waals surface area contributed by atoms with Crippen LogP contribution in [0.2, 0.25) is 0 Å². The van der Waals surface area contributed by atoms with E-state index in [2.05, 4.69) is 14.9 Å². The second kappa shape index (κ2) is 5.66. The van der Waals surface area contributed by atoms with Gasteiger partial charge in [-0.2, -0.15) is 0 Å². The first kappa shape index (κ1) is 11.1. The molecule has 1 aromatic heterocycles. The molecule has 0 aliphatic rings. The molecule has 0 fully saturated rings. The van der Waals surface area contributed by atoms with Gasteiger partial charge in [0, 0.05) is 20.3 Å². The van der Waals surface area contributed by atoms with Crippen LogP contribution in [0.1, 0.15) is 21.8 Å². The Labute approximate surface area is 86.6 Å². The SMILES string of the molecule is COCCCNC(=O)c1snnc1C. The van der Waals surface area contributed by atoms with Gasteiger partial charge >= 0.3 is 0 Å². The number of aryl methyl sites for hydroxylation is 1. The molecule has 0 spiro atoms. The first-order valence-corrected chi connectivity index (χ1v) is 5.09. The van der Waals surface area contributed by atoms with Crippen LogP contribution in [0.15, 0.2) is 0 Å². The van der Waals surface area contributed by atoms with Crippen LogP contribution in [0.25, 0.3) is 0 Å². The lowest BCUT2D eigenvalue weighted by molar-refractivity contribution is 0.0952. The fourth-order valence-electron chi connectivity index (χ4n) is 0.938. The maximum absolute atomic E-state index is 11.5. The van der Waals surface area contributed by atoms with Crippen molar-refractivity contribution in [2.24, 2.45) is 0 Å². The minimum atomic E-state index is -0.103. The minimum absolute atomic E-state index is 0.103. The number of hydrogen-bond acceptors (Lipinski definition) is 5. The smallest absolute Gasteiger partial charge is 0.264 e. The third-order valence-electron chi connectivity index (χ3n) is 1.67. The van der Waals surface area contributed by atoms with E-state index in [4.69, 9.17) is 4.74 Å². The van der Waals surface area contributed by atoms with Gasteiger partial charge in [-0.1, -0.05) is 4.49 Å². The molecule has 1 amide bonds. The quantitative estimate of drug-likeness (QED) is 0.731. The summed E-state index contributed by atoms with van der Waals surface area (Å²) in [5.74, 6) is -0.103. The Morgan fingerprint density at radius 2 is 2.43 bits per heavy atom. The van der Waals surface area contributed by atoms with Crippen LogP contribution in [0, 0.1) is 6.92 Å². The summed E-state index contributed by atoms with van der Waals surface area (Å²) in [5.41, 5.74) is 0.680. The molecule has 0 aliphatic carbocycles. The Balaban J connectivity index is 2.32. The second-order valence-electron chi connectivity index (χ2n) is 2.79. The molecule has 0 atom stereocenters. The summed E-state index contributed by atoms with van der Waals surface area (Å²) in [6, 6.07) is 0. The van der Waals surface area contributed by atoms with Crippen LogP contribution in [-0.2, 0) is 4.74 Å². The molecule has 0 bridgehead atoms. The van der Waals surface area contributed by atoms with Crippen LogP contribution in [0.3, 0.4) is 0 Å². The minimum Gasteiger partial charge on any atom is -0.385 e. The largest absolute Gasteiger partial charge is 0.385 e. The van der Waals surface area contributed by atoms with Gasteiger partial charge in [-0.15, -0.1) is 5.10 Å². The zero-order chi connectivity index (χ0) is 10.4. The summed E-state index contributed by atoms with van der Waals surface area (Å²) in [6.07, 6.45) is 0.813. The first-order chi connectivity index (χ1) is 6.75. The topological polar surface area (TPSA) is 64.1 Å². The molecule has 1 aromatic rings. The maximum atomic E-state index is 11.5. The number of hydrogen-bond donors (Lipinski definition) is 1. The van der Waals surface area contributed by atoms with Crippen molar-refractivity contribution in [3.8, 4) is 0 Å². The molecule has 0 radical (unpaired) electrons. The van der Waals surface area contributed by atoms with E-state index < -0.39 is 0 Å². The highest BCUT2D eigenvalue weighted by atomic mass is 32.1. The Bertz CT molecular complexity index is 301. The molecular formula is C8H13N3O2S. The molecule has 1 N–H and O–H groups in total. The van der Waals surface area contributed by atoms with Gasteiger partial charge in [0.05, 0.1) is 5.69 Å². The summed E-state index contributed by atoms with van der Waals surface area (Å²) < 4.78 is 8.56. The Hall–Kier alpha value is -1.01. The van der Waals surface area contributed by atoms with Crippen LogP contribution in [0.4, 0.5) is 0 Å². The Kier molecular flexibility index (Phi) is 4.48. The zero-order valence-electron chi connectivity index (χ0n) is 8.24. The van der Waals surface area contributed by atoms with E-state index in [1.807, 2.05) is 0 Å². The standard InChI is InChI=1S/C8H13N3O2S/c1-6-7(14-11-10-6)8(12)9-4-3-5-13-2/h3-5H2,1-2H3,(H,9,12). The molecule has 14 heavy (non-hydrogen) atoms. The average Bonchev–Trinajstić information content (AvgIpc) is 2.59. The van der Waals surface area contributed by atoms with Crippen LogP contribution in [-0.4, -0.2) is 35.8 Å². The highest BCUT2D eigenvalue weighted by molar-refractivity contribution is 7.07. The number of aromatic nitrogens is 2. The van der Waals surface area contributed by atoms with E-state index in [0.717, 1.165) is 18.0 Å². The number of carbonyl (C=O) groups is 1. The van der Waals surface area contributed by atoms with Gasteiger partial charge in [0.25, 0.3) is 5.91 Å². The summed E-state index contributed by atoms with van der Waals surface area (Å²) in [6.45, 7) is 3.04. The zero-order valence-corrected chi connectivity index (χ0v) is 9.06. The van der Waals surface area contributed by atoms with Crippen molar-refractivity contribution >= 4 is 17.4 Å². The fraction of sp³-hybridized carbons (Fsp3) is 0.625. The van der Waals surface area contributed by atoms with Crippen molar-refractivity contribution in [3.05, 3.63) is 10.6 Å². The van der Waals surface area contributed by atoms with Crippen molar-refractivity contribution < 1.29 is 9.53 Å². The van der Waals surface area contributed by atoms with Gasteiger partial charge < -0.3 is 10.1 Å². The molecule has 1 rings (SSSR count). The number of nitrogens with one attached hydrogen (secondary N) is 1. The third kappa shape index (κ3) is 3.04. The molecule has 6 heteroatoms. The monoisotopic (exact) mass is 215 g/mol. The lowest BCUT2D eigenvalue weighted by atomic mass is 10.3. The number of ether oxygens (including phenoxy) is 1. The van der Waals surface area contributed by atoms with Crippen molar-refractivity contribution in [1.82, 2.24) is 14.9 Å². The number of amides is 1. The van der Waals surface area contributed by atoms with Gasteiger partial charge in [-0.3, -0.25) is 4.79 Å². The molecule has 78 valence electrons.